The van der Waals surface area contributed by atoms with Crippen molar-refractivity contribution in [3.8, 4) is 0 Å². The Morgan fingerprint density at radius 2 is 2.12 bits per heavy atom. The highest BCUT2D eigenvalue weighted by Gasteiger charge is 2.26. The molecular weight excluding hydrogens is 328 g/mol. The largest absolute Gasteiger partial charge is 0.395 e. The Kier molecular flexibility index (Phi) is 5.41. The van der Waals surface area contributed by atoms with Gasteiger partial charge in [-0.3, -0.25) is 4.79 Å². The Morgan fingerprint density at radius 3 is 2.92 bits per heavy atom. The van der Waals surface area contributed by atoms with Crippen LogP contribution in [0.2, 0.25) is 0 Å². The summed E-state index contributed by atoms with van der Waals surface area (Å²) in [4.78, 5) is 21.8. The van der Waals surface area contributed by atoms with Crippen molar-refractivity contribution in [1.29, 1.82) is 0 Å². The molecule has 0 bridgehead atoms. The number of aromatic nitrogens is 1. The number of hydrogen-bond acceptors (Lipinski definition) is 5. The van der Waals surface area contributed by atoms with E-state index in [9.17, 15) is 9.90 Å². The number of piperazine rings is 1. The van der Waals surface area contributed by atoms with E-state index in [1.165, 1.54) is 31.2 Å². The Bertz CT molecular complexity index is 645. The van der Waals surface area contributed by atoms with Gasteiger partial charge in [0.05, 0.1) is 6.61 Å². The second-order valence-electron chi connectivity index (χ2n) is 7.97. The second kappa shape index (κ2) is 7.92. The van der Waals surface area contributed by atoms with Crippen LogP contribution in [-0.4, -0.2) is 59.7 Å². The zero-order chi connectivity index (χ0) is 17.9. The highest BCUT2D eigenvalue weighted by atomic mass is 16.3. The minimum Gasteiger partial charge on any atom is -0.395 e. The van der Waals surface area contributed by atoms with Gasteiger partial charge in [0, 0.05) is 57.3 Å². The van der Waals surface area contributed by atoms with Gasteiger partial charge in [0.2, 0.25) is 5.91 Å². The average Bonchev–Trinajstić information content (AvgIpc) is 3.20. The summed E-state index contributed by atoms with van der Waals surface area (Å²) in [6.07, 6.45) is 6.59. The number of rotatable bonds is 4. The first-order valence-corrected chi connectivity index (χ1v) is 10.1. The van der Waals surface area contributed by atoms with E-state index in [1.54, 1.807) is 0 Å². The molecule has 1 amide bonds. The minimum atomic E-state index is 0.116. The van der Waals surface area contributed by atoms with Gasteiger partial charge in [0.1, 0.15) is 5.82 Å². The number of nitrogens with one attached hydrogen (secondary N) is 1. The number of hydrogen-bond donors (Lipinski definition) is 2. The fourth-order valence-corrected chi connectivity index (χ4v) is 4.54. The molecule has 6 heteroatoms. The third kappa shape index (κ3) is 3.86. The number of carbonyl (C=O) groups excluding carboxylic acids is 1. The predicted octanol–water partition coefficient (Wildman–Crippen LogP) is 1.32. The molecule has 142 valence electrons. The molecule has 2 fully saturated rings. The maximum atomic E-state index is 12.6. The van der Waals surface area contributed by atoms with Crippen LogP contribution in [0.4, 0.5) is 5.82 Å². The molecule has 3 heterocycles. The first-order valence-electron chi connectivity index (χ1n) is 10.1. The molecule has 0 spiro atoms. The number of carbonyl (C=O) groups is 1. The first-order chi connectivity index (χ1) is 12.7. The maximum absolute atomic E-state index is 12.6. The number of aliphatic hydroxyl groups excluding tert-OH is 1. The molecule has 2 N–H and O–H groups in total. The van der Waals surface area contributed by atoms with E-state index in [-0.39, 0.29) is 12.6 Å². The molecule has 0 aromatic carbocycles. The van der Waals surface area contributed by atoms with E-state index in [4.69, 9.17) is 4.98 Å². The summed E-state index contributed by atoms with van der Waals surface area (Å²) >= 11 is 0. The van der Waals surface area contributed by atoms with Crippen LogP contribution in [0.5, 0.6) is 0 Å². The number of fused-ring (bicyclic) bond motifs is 1. The molecule has 1 aromatic rings. The topological polar surface area (TPSA) is 68.7 Å². The predicted molar refractivity (Wildman–Crippen MR) is 101 cm³/mol. The quantitative estimate of drug-likeness (QED) is 0.850. The number of anilines is 1. The average molecular weight is 358 g/mol. The van der Waals surface area contributed by atoms with Crippen molar-refractivity contribution in [1.82, 2.24) is 15.2 Å². The van der Waals surface area contributed by atoms with Crippen LogP contribution in [0.1, 0.15) is 43.4 Å². The van der Waals surface area contributed by atoms with Gasteiger partial charge in [0.25, 0.3) is 0 Å². The van der Waals surface area contributed by atoms with Crippen LogP contribution in [0.15, 0.2) is 12.1 Å². The third-order valence-corrected chi connectivity index (χ3v) is 6.12. The van der Waals surface area contributed by atoms with Gasteiger partial charge in [-0.05, 0) is 30.4 Å². The summed E-state index contributed by atoms with van der Waals surface area (Å²) < 4.78 is 0. The Morgan fingerprint density at radius 1 is 1.27 bits per heavy atom. The van der Waals surface area contributed by atoms with Gasteiger partial charge in [-0.25, -0.2) is 4.98 Å². The molecule has 1 atom stereocenters. The maximum Gasteiger partial charge on any atom is 0.223 e. The highest BCUT2D eigenvalue weighted by Crippen LogP contribution is 2.29. The van der Waals surface area contributed by atoms with Crippen molar-refractivity contribution in [2.45, 2.75) is 51.1 Å². The van der Waals surface area contributed by atoms with Crippen LogP contribution >= 0.6 is 0 Å². The van der Waals surface area contributed by atoms with Gasteiger partial charge >= 0.3 is 0 Å². The van der Waals surface area contributed by atoms with Crippen molar-refractivity contribution >= 4 is 11.7 Å². The lowest BCUT2D eigenvalue weighted by molar-refractivity contribution is -0.133. The summed E-state index contributed by atoms with van der Waals surface area (Å²) in [6.45, 7) is 4.21. The van der Waals surface area contributed by atoms with E-state index in [1.807, 2.05) is 4.90 Å². The molecular formula is C20H30N4O2. The van der Waals surface area contributed by atoms with E-state index in [0.29, 0.717) is 18.4 Å². The standard InChI is InChI=1S/C20H30N4O2/c25-14-17-13-23(10-8-21-17)19-6-5-16-12-24(9-7-18(16)22-19)20(26)11-15-3-1-2-4-15/h5-6,15,17,21,25H,1-4,7-14H2/t17-/m1/s1. The van der Waals surface area contributed by atoms with Gasteiger partial charge < -0.3 is 20.2 Å². The molecule has 0 radical (unpaired) electrons. The Labute approximate surface area is 155 Å². The lowest BCUT2D eigenvalue weighted by atomic mass is 10.0. The van der Waals surface area contributed by atoms with E-state index in [0.717, 1.165) is 50.5 Å². The summed E-state index contributed by atoms with van der Waals surface area (Å²) in [7, 11) is 0. The van der Waals surface area contributed by atoms with E-state index >= 15 is 0 Å². The lowest BCUT2D eigenvalue weighted by Crippen LogP contribution is -2.52. The summed E-state index contributed by atoms with van der Waals surface area (Å²) in [5, 5.41) is 12.7. The van der Waals surface area contributed by atoms with Crippen molar-refractivity contribution in [2.75, 3.05) is 37.7 Å². The van der Waals surface area contributed by atoms with Gasteiger partial charge in [-0.1, -0.05) is 18.9 Å². The number of aliphatic hydroxyl groups is 1. The molecule has 0 unspecified atom stereocenters. The smallest absolute Gasteiger partial charge is 0.223 e. The molecule has 1 aliphatic carbocycles. The molecule has 2 aliphatic heterocycles. The minimum absolute atomic E-state index is 0.116. The monoisotopic (exact) mass is 358 g/mol. The summed E-state index contributed by atoms with van der Waals surface area (Å²) in [6, 6.07) is 4.33. The number of nitrogens with zero attached hydrogens (tertiary/aromatic N) is 3. The van der Waals surface area contributed by atoms with Crippen molar-refractivity contribution in [2.24, 2.45) is 5.92 Å². The fourth-order valence-electron chi connectivity index (χ4n) is 4.54. The highest BCUT2D eigenvalue weighted by molar-refractivity contribution is 5.76. The fraction of sp³-hybridized carbons (Fsp3) is 0.700. The Balaban J connectivity index is 1.40. The molecule has 3 aliphatic rings. The van der Waals surface area contributed by atoms with Crippen LogP contribution in [-0.2, 0) is 17.8 Å². The molecule has 4 rings (SSSR count). The third-order valence-electron chi connectivity index (χ3n) is 6.12. The zero-order valence-electron chi connectivity index (χ0n) is 15.5. The Hall–Kier alpha value is -1.66. The van der Waals surface area contributed by atoms with E-state index < -0.39 is 0 Å². The molecule has 26 heavy (non-hydrogen) atoms. The normalized spacial score (nSPS) is 24.0. The number of pyridine rings is 1. The van der Waals surface area contributed by atoms with Crippen LogP contribution in [0, 0.1) is 5.92 Å². The van der Waals surface area contributed by atoms with Gasteiger partial charge in [0.15, 0.2) is 0 Å². The van der Waals surface area contributed by atoms with Crippen molar-refractivity contribution < 1.29 is 9.90 Å². The molecule has 1 saturated carbocycles. The molecule has 1 aromatic heterocycles. The summed E-state index contributed by atoms with van der Waals surface area (Å²) in [5.74, 6) is 1.92. The molecule has 6 nitrogen and oxygen atoms in total. The van der Waals surface area contributed by atoms with Crippen LogP contribution in [0.25, 0.3) is 0 Å². The second-order valence-corrected chi connectivity index (χ2v) is 7.97. The van der Waals surface area contributed by atoms with Crippen molar-refractivity contribution in [3.05, 3.63) is 23.4 Å². The zero-order valence-corrected chi connectivity index (χ0v) is 15.5. The van der Waals surface area contributed by atoms with Gasteiger partial charge in [-0.2, -0.15) is 0 Å². The van der Waals surface area contributed by atoms with E-state index in [2.05, 4.69) is 22.3 Å². The molecule has 1 saturated heterocycles. The first kappa shape index (κ1) is 17.7. The van der Waals surface area contributed by atoms with Crippen LogP contribution < -0.4 is 10.2 Å². The lowest BCUT2D eigenvalue weighted by Gasteiger charge is -2.35. The SMILES string of the molecule is O=C(CC1CCCC1)N1CCc2nc(N3CCN[C@@H](CO)C3)ccc2C1. The van der Waals surface area contributed by atoms with Gasteiger partial charge in [-0.15, -0.1) is 0 Å². The number of amides is 1. The van der Waals surface area contributed by atoms with Crippen molar-refractivity contribution in [3.63, 3.8) is 0 Å². The summed E-state index contributed by atoms with van der Waals surface area (Å²) in [5.41, 5.74) is 2.32. The van der Waals surface area contributed by atoms with Crippen LogP contribution in [0.3, 0.4) is 0 Å².